The topological polar surface area (TPSA) is 59.1 Å². The summed E-state index contributed by atoms with van der Waals surface area (Å²) in [6.45, 7) is -0.0342. The van der Waals surface area contributed by atoms with Gasteiger partial charge in [-0.25, -0.2) is 0 Å². The molecule has 0 radical (unpaired) electrons. The maximum Gasteiger partial charge on any atom is 0.266 e. The van der Waals surface area contributed by atoms with Gasteiger partial charge in [-0.3, -0.25) is 14.5 Å². The second-order valence-electron chi connectivity index (χ2n) is 5.37. The molecule has 0 unspecified atom stereocenters. The van der Waals surface area contributed by atoms with Crippen molar-refractivity contribution < 1.29 is 19.1 Å². The summed E-state index contributed by atoms with van der Waals surface area (Å²) in [7, 11) is 4.69. The molecule has 0 fully saturated rings. The molecule has 0 bridgehead atoms. The summed E-state index contributed by atoms with van der Waals surface area (Å²) >= 11 is 0. The fourth-order valence-electron chi connectivity index (χ4n) is 2.82. The molecule has 0 N–H and O–H groups in total. The van der Waals surface area contributed by atoms with Crippen molar-refractivity contribution in [1.82, 2.24) is 0 Å². The first-order chi connectivity index (χ1) is 11.6. The van der Waals surface area contributed by atoms with E-state index in [1.165, 1.54) is 19.1 Å². The Morgan fingerprint density at radius 1 is 0.958 bits per heavy atom. The van der Waals surface area contributed by atoms with Crippen LogP contribution in [0.5, 0.6) is 11.5 Å². The van der Waals surface area contributed by atoms with Crippen LogP contribution in [-0.4, -0.2) is 39.6 Å². The van der Waals surface area contributed by atoms with Crippen molar-refractivity contribution in [3.05, 3.63) is 48.0 Å². The van der Waals surface area contributed by atoms with Crippen molar-refractivity contribution in [2.24, 2.45) is 0 Å². The lowest BCUT2D eigenvalue weighted by atomic mass is 10.1. The van der Waals surface area contributed by atoms with Crippen LogP contribution >= 0.6 is 0 Å². The van der Waals surface area contributed by atoms with Crippen LogP contribution in [0.3, 0.4) is 0 Å². The first kappa shape index (κ1) is 15.9. The Hall–Kier alpha value is -3.02. The summed E-state index contributed by atoms with van der Waals surface area (Å²) < 4.78 is 10.6. The Kier molecular flexibility index (Phi) is 4.12. The number of nitrogens with zero attached hydrogens (tertiary/aromatic N) is 2. The van der Waals surface area contributed by atoms with Crippen LogP contribution < -0.4 is 19.3 Å². The molecule has 6 nitrogen and oxygen atoms in total. The minimum Gasteiger partial charge on any atom is -0.496 e. The lowest BCUT2D eigenvalue weighted by molar-refractivity contribution is -0.117. The van der Waals surface area contributed by atoms with E-state index in [9.17, 15) is 9.59 Å². The zero-order valence-corrected chi connectivity index (χ0v) is 13.8. The van der Waals surface area contributed by atoms with E-state index in [2.05, 4.69) is 0 Å². The minimum atomic E-state index is -0.335. The maximum absolute atomic E-state index is 13.2. The molecule has 124 valence electrons. The Morgan fingerprint density at radius 3 is 2.12 bits per heavy atom. The fraction of sp³-hybridized carbons (Fsp3) is 0.222. The van der Waals surface area contributed by atoms with Gasteiger partial charge in [0.25, 0.3) is 5.91 Å². The first-order valence-electron chi connectivity index (χ1n) is 7.47. The Bertz CT molecular complexity index is 781. The molecule has 2 aromatic rings. The number of carbonyl (C=O) groups is 2. The van der Waals surface area contributed by atoms with E-state index in [1.54, 1.807) is 30.1 Å². The molecule has 2 aromatic carbocycles. The van der Waals surface area contributed by atoms with Crippen LogP contribution in [0, 0.1) is 0 Å². The molecule has 24 heavy (non-hydrogen) atoms. The number of hydrogen-bond acceptors (Lipinski definition) is 4. The predicted octanol–water partition coefficient (Wildman–Crippen LogP) is 2.33. The molecule has 1 aliphatic heterocycles. The van der Waals surface area contributed by atoms with Crippen LogP contribution in [0.2, 0.25) is 0 Å². The van der Waals surface area contributed by atoms with Gasteiger partial charge in [-0.1, -0.05) is 18.2 Å². The number of hydrogen-bond donors (Lipinski definition) is 0. The third kappa shape index (κ3) is 2.46. The molecule has 0 atom stereocenters. The number of likely N-dealkylation sites (N-methyl/N-ethyl adjacent to an activating group) is 1. The molecular weight excluding hydrogens is 308 g/mol. The van der Waals surface area contributed by atoms with E-state index in [4.69, 9.17) is 9.47 Å². The number of carbonyl (C=O) groups excluding carboxylic acids is 2. The maximum atomic E-state index is 13.2. The number of fused-ring (bicyclic) bond motifs is 1. The van der Waals surface area contributed by atoms with Gasteiger partial charge in [-0.05, 0) is 24.3 Å². The van der Waals surface area contributed by atoms with Crippen molar-refractivity contribution in [2.75, 3.05) is 37.6 Å². The number of amides is 2. The van der Waals surface area contributed by atoms with E-state index >= 15 is 0 Å². The fourth-order valence-corrected chi connectivity index (χ4v) is 2.82. The highest BCUT2D eigenvalue weighted by Crippen LogP contribution is 2.36. The summed E-state index contributed by atoms with van der Waals surface area (Å²) in [6.07, 6.45) is 0. The van der Waals surface area contributed by atoms with Crippen molar-refractivity contribution in [1.29, 1.82) is 0 Å². The molecule has 0 saturated heterocycles. The third-order valence-electron chi connectivity index (χ3n) is 4.09. The van der Waals surface area contributed by atoms with Crippen LogP contribution in [0.15, 0.2) is 42.5 Å². The molecule has 0 spiro atoms. The Labute approximate surface area is 140 Å². The second-order valence-corrected chi connectivity index (χ2v) is 5.37. The number of para-hydroxylation sites is 2. The number of anilines is 2. The molecule has 6 heteroatoms. The Morgan fingerprint density at radius 2 is 1.54 bits per heavy atom. The molecule has 3 rings (SSSR count). The summed E-state index contributed by atoms with van der Waals surface area (Å²) in [5, 5.41) is 0. The van der Waals surface area contributed by atoms with Crippen LogP contribution in [0.25, 0.3) is 0 Å². The number of ether oxygens (including phenoxy) is 2. The molecule has 1 heterocycles. The van der Waals surface area contributed by atoms with Gasteiger partial charge in [0.2, 0.25) is 5.91 Å². The molecular formula is C18H18N2O4. The molecule has 1 aliphatic rings. The van der Waals surface area contributed by atoms with Gasteiger partial charge in [0.15, 0.2) is 0 Å². The van der Waals surface area contributed by atoms with E-state index in [-0.39, 0.29) is 18.4 Å². The average Bonchev–Trinajstić information content (AvgIpc) is 2.63. The number of methoxy groups -OCH3 is 2. The number of benzene rings is 2. The van der Waals surface area contributed by atoms with Crippen molar-refractivity contribution in [2.45, 2.75) is 0 Å². The summed E-state index contributed by atoms with van der Waals surface area (Å²) in [5.41, 5.74) is 1.67. The monoisotopic (exact) mass is 326 g/mol. The van der Waals surface area contributed by atoms with Crippen molar-refractivity contribution in [3.63, 3.8) is 0 Å². The van der Waals surface area contributed by atoms with Crippen LogP contribution in [-0.2, 0) is 4.79 Å². The SMILES string of the molecule is COc1cccc(OC)c1C(=O)N1CC(=O)N(C)c2ccccc21. The highest BCUT2D eigenvalue weighted by molar-refractivity contribution is 6.17. The van der Waals surface area contributed by atoms with Gasteiger partial charge in [-0.2, -0.15) is 0 Å². The van der Waals surface area contributed by atoms with Gasteiger partial charge in [0.05, 0.1) is 25.6 Å². The average molecular weight is 326 g/mol. The first-order valence-corrected chi connectivity index (χ1v) is 7.47. The predicted molar refractivity (Wildman–Crippen MR) is 91.1 cm³/mol. The van der Waals surface area contributed by atoms with E-state index in [0.29, 0.717) is 28.4 Å². The molecule has 0 aliphatic carbocycles. The summed E-state index contributed by atoms with van der Waals surface area (Å²) in [6, 6.07) is 12.4. The van der Waals surface area contributed by atoms with Crippen molar-refractivity contribution in [3.8, 4) is 11.5 Å². The zero-order chi connectivity index (χ0) is 17.3. The summed E-state index contributed by atoms with van der Waals surface area (Å²) in [5.74, 6) is 0.320. The van der Waals surface area contributed by atoms with Gasteiger partial charge in [0, 0.05) is 7.05 Å². The molecule has 0 aromatic heterocycles. The smallest absolute Gasteiger partial charge is 0.266 e. The minimum absolute atomic E-state index is 0.0342. The largest absolute Gasteiger partial charge is 0.496 e. The van der Waals surface area contributed by atoms with Gasteiger partial charge < -0.3 is 14.4 Å². The van der Waals surface area contributed by atoms with E-state index in [1.807, 2.05) is 24.3 Å². The van der Waals surface area contributed by atoms with Crippen LogP contribution in [0.1, 0.15) is 10.4 Å². The van der Waals surface area contributed by atoms with Gasteiger partial charge >= 0.3 is 0 Å². The summed E-state index contributed by atoms with van der Waals surface area (Å²) in [4.78, 5) is 28.5. The van der Waals surface area contributed by atoms with E-state index < -0.39 is 0 Å². The quantitative estimate of drug-likeness (QED) is 0.868. The lowest BCUT2D eigenvalue weighted by Gasteiger charge is -2.34. The van der Waals surface area contributed by atoms with Gasteiger partial charge in [-0.15, -0.1) is 0 Å². The molecule has 0 saturated carbocycles. The third-order valence-corrected chi connectivity index (χ3v) is 4.09. The van der Waals surface area contributed by atoms with Crippen molar-refractivity contribution >= 4 is 23.2 Å². The highest BCUT2D eigenvalue weighted by Gasteiger charge is 2.33. The van der Waals surface area contributed by atoms with Crippen LogP contribution in [0.4, 0.5) is 11.4 Å². The Balaban J connectivity index is 2.12. The number of rotatable bonds is 3. The molecule has 2 amide bonds. The second kappa shape index (κ2) is 6.23. The standard InChI is InChI=1S/C18H18N2O4/c1-19-12-7-4-5-8-13(12)20(11-16(19)21)18(22)17-14(23-2)9-6-10-15(17)24-3/h4-10H,11H2,1-3H3. The van der Waals surface area contributed by atoms with Gasteiger partial charge in [0.1, 0.15) is 23.6 Å². The zero-order valence-electron chi connectivity index (χ0n) is 13.8. The normalized spacial score (nSPS) is 13.5. The van der Waals surface area contributed by atoms with E-state index in [0.717, 1.165) is 0 Å². The lowest BCUT2D eigenvalue weighted by Crippen LogP contribution is -2.46. The highest BCUT2D eigenvalue weighted by atomic mass is 16.5.